The van der Waals surface area contributed by atoms with Gasteiger partial charge in [0, 0.05) is 19.0 Å². The maximum atomic E-state index is 12.6. The van der Waals surface area contributed by atoms with Gasteiger partial charge >= 0.3 is 0 Å². The second kappa shape index (κ2) is 5.84. The van der Waals surface area contributed by atoms with Gasteiger partial charge in [-0.3, -0.25) is 0 Å². The van der Waals surface area contributed by atoms with E-state index in [1.807, 2.05) is 6.92 Å². The summed E-state index contributed by atoms with van der Waals surface area (Å²) in [4.78, 5) is 11.0. The fraction of sp³-hybridized carbons (Fsp3) is 0.500. The Labute approximate surface area is 114 Å². The number of carbonyl (C=O) groups excluding carboxylic acids is 1. The van der Waals surface area contributed by atoms with Gasteiger partial charge in [0.25, 0.3) is 0 Å². The van der Waals surface area contributed by atoms with Crippen LogP contribution in [0.3, 0.4) is 0 Å². The predicted molar refractivity (Wildman–Crippen MR) is 73.4 cm³/mol. The Morgan fingerprint density at radius 2 is 1.95 bits per heavy atom. The van der Waals surface area contributed by atoms with Gasteiger partial charge in [0.2, 0.25) is 10.0 Å². The van der Waals surface area contributed by atoms with Crippen LogP contribution >= 0.6 is 0 Å². The summed E-state index contributed by atoms with van der Waals surface area (Å²) >= 11 is 0. The molecule has 0 bridgehead atoms. The molecule has 2 rings (SSSR count). The number of hydrogen-bond donors (Lipinski definition) is 0. The van der Waals surface area contributed by atoms with Gasteiger partial charge in [-0.25, -0.2) is 8.42 Å². The lowest BCUT2D eigenvalue weighted by Gasteiger charge is -2.33. The maximum absolute atomic E-state index is 12.6. The van der Waals surface area contributed by atoms with E-state index in [1.165, 1.54) is 4.31 Å². The van der Waals surface area contributed by atoms with Crippen LogP contribution < -0.4 is 0 Å². The predicted octanol–water partition coefficient (Wildman–Crippen LogP) is 2.13. The second-order valence-corrected chi connectivity index (χ2v) is 6.87. The fourth-order valence-corrected chi connectivity index (χ4v) is 4.19. The van der Waals surface area contributed by atoms with Crippen LogP contribution in [0.15, 0.2) is 29.2 Å². The molecule has 0 amide bonds. The zero-order chi connectivity index (χ0) is 13.9. The highest BCUT2D eigenvalue weighted by Gasteiger charge is 2.32. The van der Waals surface area contributed by atoms with Crippen molar-refractivity contribution in [3.63, 3.8) is 0 Å². The first kappa shape index (κ1) is 14.2. The number of carbonyl (C=O) groups is 1. The Morgan fingerprint density at radius 3 is 2.58 bits per heavy atom. The third kappa shape index (κ3) is 3.04. The summed E-state index contributed by atoms with van der Waals surface area (Å²) in [6.07, 6.45) is 3.71. The molecule has 4 nitrogen and oxygen atoms in total. The number of nitrogens with zero attached hydrogens (tertiary/aromatic N) is 1. The molecule has 5 heteroatoms. The minimum Gasteiger partial charge on any atom is -0.303 e. The Bertz CT molecular complexity index is 536. The summed E-state index contributed by atoms with van der Waals surface area (Å²) in [5, 5.41) is 0. The molecular formula is C14H19NO3S. The van der Waals surface area contributed by atoms with Gasteiger partial charge in [0.1, 0.15) is 6.29 Å². The average Bonchev–Trinajstić information content (AvgIpc) is 2.40. The van der Waals surface area contributed by atoms with Crippen LogP contribution in [0, 0.1) is 6.92 Å². The largest absolute Gasteiger partial charge is 0.303 e. The van der Waals surface area contributed by atoms with Crippen LogP contribution in [0.1, 0.15) is 31.2 Å². The van der Waals surface area contributed by atoms with Crippen molar-refractivity contribution in [1.82, 2.24) is 4.31 Å². The molecule has 0 aromatic heterocycles. The standard InChI is InChI=1S/C14H19NO3S/c1-12-5-7-14(8-6-12)19(17,18)15-10-3-2-4-13(15)9-11-16/h5-8,11,13H,2-4,9-10H2,1H3/t13-/m1/s1. The molecule has 0 unspecified atom stereocenters. The van der Waals surface area contributed by atoms with E-state index in [9.17, 15) is 13.2 Å². The molecule has 1 atom stereocenters. The van der Waals surface area contributed by atoms with Crippen LogP contribution in [0.25, 0.3) is 0 Å². The average molecular weight is 281 g/mol. The molecule has 19 heavy (non-hydrogen) atoms. The van der Waals surface area contributed by atoms with Crippen molar-refractivity contribution in [2.45, 2.75) is 43.5 Å². The lowest BCUT2D eigenvalue weighted by atomic mass is 10.0. The monoisotopic (exact) mass is 281 g/mol. The van der Waals surface area contributed by atoms with Crippen LogP contribution in [0.4, 0.5) is 0 Å². The first-order valence-electron chi connectivity index (χ1n) is 6.58. The smallest absolute Gasteiger partial charge is 0.243 e. The van der Waals surface area contributed by atoms with Gasteiger partial charge in [0.05, 0.1) is 4.90 Å². The van der Waals surface area contributed by atoms with E-state index in [4.69, 9.17) is 0 Å². The molecule has 1 saturated heterocycles. The Balaban J connectivity index is 2.31. The normalized spacial score (nSPS) is 21.2. The number of aldehydes is 1. The zero-order valence-corrected chi connectivity index (χ0v) is 11.9. The van der Waals surface area contributed by atoms with Crippen molar-refractivity contribution in [1.29, 1.82) is 0 Å². The van der Waals surface area contributed by atoms with E-state index in [0.717, 1.165) is 31.1 Å². The summed E-state index contributed by atoms with van der Waals surface area (Å²) in [5.74, 6) is 0. The number of benzene rings is 1. The second-order valence-electron chi connectivity index (χ2n) is 4.98. The quantitative estimate of drug-likeness (QED) is 0.794. The summed E-state index contributed by atoms with van der Waals surface area (Å²) in [7, 11) is -3.48. The van der Waals surface area contributed by atoms with Gasteiger partial charge in [0.15, 0.2) is 0 Å². The number of sulfonamides is 1. The van der Waals surface area contributed by atoms with Crippen molar-refractivity contribution in [2.24, 2.45) is 0 Å². The molecule has 1 aliphatic heterocycles. The van der Waals surface area contributed by atoms with Crippen molar-refractivity contribution in [2.75, 3.05) is 6.54 Å². The van der Waals surface area contributed by atoms with Crippen LogP contribution in [0.2, 0.25) is 0 Å². The molecule has 0 N–H and O–H groups in total. The topological polar surface area (TPSA) is 54.5 Å². The van der Waals surface area contributed by atoms with E-state index >= 15 is 0 Å². The minimum atomic E-state index is -3.48. The van der Waals surface area contributed by atoms with Crippen LogP contribution in [-0.4, -0.2) is 31.6 Å². The molecule has 0 saturated carbocycles. The SMILES string of the molecule is Cc1ccc(S(=O)(=O)N2CCCC[C@@H]2CC=O)cc1. The molecule has 1 aromatic rings. The summed E-state index contributed by atoms with van der Waals surface area (Å²) in [5.41, 5.74) is 1.03. The molecule has 1 fully saturated rings. The van der Waals surface area contributed by atoms with Crippen molar-refractivity contribution < 1.29 is 13.2 Å². The summed E-state index contributed by atoms with van der Waals surface area (Å²) in [6, 6.07) is 6.68. The summed E-state index contributed by atoms with van der Waals surface area (Å²) in [6.45, 7) is 2.43. The lowest BCUT2D eigenvalue weighted by Crippen LogP contribution is -2.43. The molecule has 0 aliphatic carbocycles. The fourth-order valence-electron chi connectivity index (χ4n) is 2.48. The molecular weight excluding hydrogens is 262 g/mol. The van der Waals surface area contributed by atoms with Gasteiger partial charge in [-0.2, -0.15) is 4.31 Å². The van der Waals surface area contributed by atoms with Gasteiger partial charge in [-0.1, -0.05) is 24.1 Å². The van der Waals surface area contributed by atoms with Crippen molar-refractivity contribution in [3.8, 4) is 0 Å². The Morgan fingerprint density at radius 1 is 1.26 bits per heavy atom. The first-order valence-corrected chi connectivity index (χ1v) is 8.02. The van der Waals surface area contributed by atoms with Gasteiger partial charge in [-0.15, -0.1) is 0 Å². The third-order valence-corrected chi connectivity index (χ3v) is 5.54. The third-order valence-electron chi connectivity index (χ3n) is 3.57. The number of rotatable bonds is 4. The van der Waals surface area contributed by atoms with E-state index in [1.54, 1.807) is 24.3 Å². The molecule has 0 spiro atoms. The van der Waals surface area contributed by atoms with Gasteiger partial charge < -0.3 is 4.79 Å². The van der Waals surface area contributed by atoms with E-state index in [0.29, 0.717) is 11.4 Å². The van der Waals surface area contributed by atoms with E-state index in [-0.39, 0.29) is 12.5 Å². The van der Waals surface area contributed by atoms with Crippen LogP contribution in [0.5, 0.6) is 0 Å². The maximum Gasteiger partial charge on any atom is 0.243 e. The number of aryl methyl sites for hydroxylation is 1. The molecule has 0 radical (unpaired) electrons. The summed E-state index contributed by atoms with van der Waals surface area (Å²) < 4.78 is 26.7. The Kier molecular flexibility index (Phi) is 4.37. The molecule has 104 valence electrons. The zero-order valence-electron chi connectivity index (χ0n) is 11.1. The Hall–Kier alpha value is -1.20. The van der Waals surface area contributed by atoms with Gasteiger partial charge in [-0.05, 0) is 31.9 Å². The molecule has 1 aromatic carbocycles. The molecule has 1 heterocycles. The molecule has 1 aliphatic rings. The van der Waals surface area contributed by atoms with Crippen molar-refractivity contribution in [3.05, 3.63) is 29.8 Å². The van der Waals surface area contributed by atoms with Crippen molar-refractivity contribution >= 4 is 16.3 Å². The highest BCUT2D eigenvalue weighted by Crippen LogP contribution is 2.26. The first-order chi connectivity index (χ1) is 9.05. The number of piperidine rings is 1. The van der Waals surface area contributed by atoms with Crippen LogP contribution in [-0.2, 0) is 14.8 Å². The number of hydrogen-bond acceptors (Lipinski definition) is 3. The van der Waals surface area contributed by atoms with E-state index in [2.05, 4.69) is 0 Å². The van der Waals surface area contributed by atoms with E-state index < -0.39 is 10.0 Å². The minimum absolute atomic E-state index is 0.183. The lowest BCUT2D eigenvalue weighted by molar-refractivity contribution is -0.108. The highest BCUT2D eigenvalue weighted by molar-refractivity contribution is 7.89. The highest BCUT2D eigenvalue weighted by atomic mass is 32.2.